The standard InChI is InChI=1S/C17H27F2N3/c1-2-20-10-6-9-17(18,19)15-21-11-13-22(14-12-21)16-7-4-3-5-8-16/h3-5,7-8,20H,2,6,9-15H2,1H3. The first-order valence-electron chi connectivity index (χ1n) is 8.21. The lowest BCUT2D eigenvalue weighted by atomic mass is 10.1. The van der Waals surface area contributed by atoms with Crippen molar-refractivity contribution < 1.29 is 8.78 Å². The van der Waals surface area contributed by atoms with Crippen molar-refractivity contribution in [3.8, 4) is 0 Å². The first-order valence-corrected chi connectivity index (χ1v) is 8.21. The maximum Gasteiger partial charge on any atom is 0.260 e. The van der Waals surface area contributed by atoms with Crippen LogP contribution in [0.25, 0.3) is 0 Å². The average Bonchev–Trinajstić information content (AvgIpc) is 2.53. The molecule has 0 unspecified atom stereocenters. The molecular formula is C17H27F2N3. The number of halogens is 2. The van der Waals surface area contributed by atoms with E-state index in [2.05, 4.69) is 22.3 Å². The summed E-state index contributed by atoms with van der Waals surface area (Å²) < 4.78 is 27.9. The summed E-state index contributed by atoms with van der Waals surface area (Å²) >= 11 is 0. The van der Waals surface area contributed by atoms with E-state index in [1.54, 1.807) is 0 Å². The van der Waals surface area contributed by atoms with Crippen molar-refractivity contribution in [2.24, 2.45) is 0 Å². The minimum atomic E-state index is -2.58. The van der Waals surface area contributed by atoms with E-state index < -0.39 is 5.92 Å². The molecule has 2 rings (SSSR count). The van der Waals surface area contributed by atoms with E-state index in [0.717, 1.165) is 19.6 Å². The van der Waals surface area contributed by atoms with Gasteiger partial charge in [0.15, 0.2) is 0 Å². The molecule has 1 aromatic rings. The molecular weight excluding hydrogens is 284 g/mol. The molecule has 1 aliphatic heterocycles. The summed E-state index contributed by atoms with van der Waals surface area (Å²) in [6.07, 6.45) is 0.504. The fourth-order valence-electron chi connectivity index (χ4n) is 2.86. The molecule has 124 valence electrons. The number of anilines is 1. The van der Waals surface area contributed by atoms with Crippen molar-refractivity contribution in [3.63, 3.8) is 0 Å². The van der Waals surface area contributed by atoms with Gasteiger partial charge in [-0.1, -0.05) is 25.1 Å². The van der Waals surface area contributed by atoms with Gasteiger partial charge in [-0.15, -0.1) is 0 Å². The monoisotopic (exact) mass is 311 g/mol. The van der Waals surface area contributed by atoms with Crippen LogP contribution in [0, 0.1) is 0 Å². The normalized spacial score (nSPS) is 17.0. The molecule has 0 amide bonds. The summed E-state index contributed by atoms with van der Waals surface area (Å²) in [6, 6.07) is 10.2. The molecule has 22 heavy (non-hydrogen) atoms. The summed E-state index contributed by atoms with van der Waals surface area (Å²) in [5, 5.41) is 3.09. The third-order valence-corrected chi connectivity index (χ3v) is 4.09. The summed E-state index contributed by atoms with van der Waals surface area (Å²) in [4.78, 5) is 4.16. The van der Waals surface area contributed by atoms with Crippen LogP contribution in [0.5, 0.6) is 0 Å². The van der Waals surface area contributed by atoms with Crippen molar-refractivity contribution >= 4 is 5.69 Å². The van der Waals surface area contributed by atoms with Crippen molar-refractivity contribution in [1.82, 2.24) is 10.2 Å². The van der Waals surface area contributed by atoms with Crippen molar-refractivity contribution in [1.29, 1.82) is 0 Å². The van der Waals surface area contributed by atoms with Gasteiger partial charge in [0.1, 0.15) is 0 Å². The molecule has 1 heterocycles. The van der Waals surface area contributed by atoms with Crippen LogP contribution >= 0.6 is 0 Å². The summed E-state index contributed by atoms with van der Waals surface area (Å²) in [6.45, 7) is 6.44. The molecule has 0 aliphatic carbocycles. The highest BCUT2D eigenvalue weighted by atomic mass is 19.3. The molecule has 0 saturated carbocycles. The van der Waals surface area contributed by atoms with Crippen LogP contribution in [0.1, 0.15) is 19.8 Å². The van der Waals surface area contributed by atoms with Gasteiger partial charge >= 0.3 is 0 Å². The van der Waals surface area contributed by atoms with E-state index in [-0.39, 0.29) is 13.0 Å². The average molecular weight is 311 g/mol. The van der Waals surface area contributed by atoms with Gasteiger partial charge < -0.3 is 10.2 Å². The second-order valence-corrected chi connectivity index (χ2v) is 5.91. The zero-order valence-corrected chi connectivity index (χ0v) is 13.4. The molecule has 1 aliphatic rings. The first kappa shape index (κ1) is 17.2. The zero-order chi connectivity index (χ0) is 15.8. The highest BCUT2D eigenvalue weighted by molar-refractivity contribution is 5.46. The van der Waals surface area contributed by atoms with Crippen LogP contribution < -0.4 is 10.2 Å². The number of hydrogen-bond donors (Lipinski definition) is 1. The van der Waals surface area contributed by atoms with E-state index in [0.29, 0.717) is 26.1 Å². The molecule has 0 radical (unpaired) electrons. The van der Waals surface area contributed by atoms with E-state index in [9.17, 15) is 8.78 Å². The minimum Gasteiger partial charge on any atom is -0.369 e. The predicted molar refractivity (Wildman–Crippen MR) is 87.8 cm³/mol. The third kappa shape index (κ3) is 5.54. The van der Waals surface area contributed by atoms with Crippen LogP contribution in [-0.2, 0) is 0 Å². The molecule has 1 saturated heterocycles. The lowest BCUT2D eigenvalue weighted by Gasteiger charge is -2.37. The van der Waals surface area contributed by atoms with Crippen LogP contribution in [-0.4, -0.2) is 56.6 Å². The molecule has 0 aromatic heterocycles. The van der Waals surface area contributed by atoms with Gasteiger partial charge in [-0.3, -0.25) is 4.90 Å². The number of piperazine rings is 1. The lowest BCUT2D eigenvalue weighted by Crippen LogP contribution is -2.50. The predicted octanol–water partition coefficient (Wildman–Crippen LogP) is 2.83. The van der Waals surface area contributed by atoms with E-state index >= 15 is 0 Å². The number of benzene rings is 1. The Labute approximate surface area is 132 Å². The summed E-state index contributed by atoms with van der Waals surface area (Å²) in [7, 11) is 0. The highest BCUT2D eigenvalue weighted by Gasteiger charge is 2.32. The molecule has 0 atom stereocenters. The maximum atomic E-state index is 14.0. The number of nitrogens with one attached hydrogen (secondary N) is 1. The Morgan fingerprint density at radius 1 is 1.09 bits per heavy atom. The second-order valence-electron chi connectivity index (χ2n) is 5.91. The lowest BCUT2D eigenvalue weighted by molar-refractivity contribution is -0.0414. The van der Waals surface area contributed by atoms with E-state index in [1.165, 1.54) is 5.69 Å². The number of alkyl halides is 2. The molecule has 0 bridgehead atoms. The summed E-state index contributed by atoms with van der Waals surface area (Å²) in [5.41, 5.74) is 1.18. The van der Waals surface area contributed by atoms with Gasteiger partial charge in [-0.05, 0) is 31.6 Å². The fourth-order valence-corrected chi connectivity index (χ4v) is 2.86. The number of nitrogens with zero attached hydrogens (tertiary/aromatic N) is 2. The SMILES string of the molecule is CCNCCCC(F)(F)CN1CCN(c2ccccc2)CC1. The van der Waals surface area contributed by atoms with Gasteiger partial charge in [0.05, 0.1) is 6.54 Å². The van der Waals surface area contributed by atoms with Crippen molar-refractivity contribution in [3.05, 3.63) is 30.3 Å². The number of rotatable bonds is 8. The van der Waals surface area contributed by atoms with Crippen molar-refractivity contribution in [2.45, 2.75) is 25.7 Å². The maximum absolute atomic E-state index is 14.0. The third-order valence-electron chi connectivity index (χ3n) is 4.09. The molecule has 5 heteroatoms. The molecule has 3 nitrogen and oxygen atoms in total. The van der Waals surface area contributed by atoms with Crippen molar-refractivity contribution in [2.75, 3.05) is 50.7 Å². The second kappa shape index (κ2) is 8.44. The number of para-hydroxylation sites is 1. The first-order chi connectivity index (χ1) is 10.6. The van der Waals surface area contributed by atoms with Gasteiger partial charge in [-0.25, -0.2) is 8.78 Å². The van der Waals surface area contributed by atoms with E-state index in [1.807, 2.05) is 30.0 Å². The van der Waals surface area contributed by atoms with Gasteiger partial charge in [0.2, 0.25) is 0 Å². The quantitative estimate of drug-likeness (QED) is 0.745. The Bertz CT molecular complexity index is 417. The van der Waals surface area contributed by atoms with Gasteiger partial charge in [0, 0.05) is 38.3 Å². The zero-order valence-electron chi connectivity index (χ0n) is 13.4. The Kier molecular flexibility index (Phi) is 6.58. The van der Waals surface area contributed by atoms with Gasteiger partial charge in [-0.2, -0.15) is 0 Å². The Morgan fingerprint density at radius 2 is 1.77 bits per heavy atom. The highest BCUT2D eigenvalue weighted by Crippen LogP contribution is 2.23. The van der Waals surface area contributed by atoms with Crippen LogP contribution in [0.15, 0.2) is 30.3 Å². The Balaban J connectivity index is 1.72. The van der Waals surface area contributed by atoms with Crippen LogP contribution in [0.2, 0.25) is 0 Å². The molecule has 1 aromatic carbocycles. The summed E-state index contributed by atoms with van der Waals surface area (Å²) in [5.74, 6) is -2.58. The molecule has 1 N–H and O–H groups in total. The fraction of sp³-hybridized carbons (Fsp3) is 0.647. The topological polar surface area (TPSA) is 18.5 Å². The Hall–Kier alpha value is -1.20. The van der Waals surface area contributed by atoms with Crippen LogP contribution in [0.3, 0.4) is 0 Å². The van der Waals surface area contributed by atoms with Crippen LogP contribution in [0.4, 0.5) is 14.5 Å². The number of hydrogen-bond acceptors (Lipinski definition) is 3. The largest absolute Gasteiger partial charge is 0.369 e. The van der Waals surface area contributed by atoms with E-state index in [4.69, 9.17) is 0 Å². The molecule has 0 spiro atoms. The van der Waals surface area contributed by atoms with Gasteiger partial charge in [0.25, 0.3) is 5.92 Å². The smallest absolute Gasteiger partial charge is 0.260 e. The molecule has 1 fully saturated rings. The minimum absolute atomic E-state index is 0.0289. The Morgan fingerprint density at radius 3 is 2.41 bits per heavy atom.